The first-order valence-corrected chi connectivity index (χ1v) is 3.90. The molecule has 0 aliphatic heterocycles. The van der Waals surface area contributed by atoms with Gasteiger partial charge < -0.3 is 4.74 Å². The van der Waals surface area contributed by atoms with Crippen molar-refractivity contribution in [2.24, 2.45) is 5.92 Å². The van der Waals surface area contributed by atoms with Gasteiger partial charge in [-0.1, -0.05) is 13.8 Å². The Bertz CT molecular complexity index is 110. The predicted molar refractivity (Wildman–Crippen MR) is 44.2 cm³/mol. The molecule has 10 heavy (non-hydrogen) atoms. The summed E-state index contributed by atoms with van der Waals surface area (Å²) in [4.78, 5) is 10.7. The second-order valence-electron chi connectivity index (χ2n) is 2.70. The molecule has 0 amide bonds. The molecule has 0 N–H and O–H groups in total. The number of rotatable bonds is 3. The van der Waals surface area contributed by atoms with E-state index in [1.165, 1.54) is 0 Å². The number of ether oxygens (including phenoxy) is 1. The molecule has 2 nitrogen and oxygen atoms in total. The van der Waals surface area contributed by atoms with E-state index < -0.39 is 0 Å². The summed E-state index contributed by atoms with van der Waals surface area (Å²) in [5.74, 6) is 0.160. The highest BCUT2D eigenvalue weighted by molar-refractivity contribution is 7.81. The lowest BCUT2D eigenvalue weighted by molar-refractivity contribution is -0.143. The van der Waals surface area contributed by atoms with Gasteiger partial charge in [-0.2, -0.15) is 12.6 Å². The lowest BCUT2D eigenvalue weighted by Gasteiger charge is -2.07. The van der Waals surface area contributed by atoms with E-state index in [0.717, 1.165) is 0 Å². The van der Waals surface area contributed by atoms with Gasteiger partial charge in [-0.05, 0) is 12.8 Å². The van der Waals surface area contributed by atoms with Crippen LogP contribution in [0, 0.1) is 5.92 Å². The van der Waals surface area contributed by atoms with Crippen LogP contribution in [0.25, 0.3) is 0 Å². The van der Waals surface area contributed by atoms with E-state index in [0.29, 0.717) is 12.5 Å². The zero-order valence-corrected chi connectivity index (χ0v) is 7.52. The number of hydrogen-bond donors (Lipinski definition) is 1. The molecule has 0 saturated carbocycles. The Hall–Kier alpha value is -0.180. The lowest BCUT2D eigenvalue weighted by Crippen LogP contribution is -2.17. The second kappa shape index (κ2) is 4.61. The molecule has 0 aromatic rings. The van der Waals surface area contributed by atoms with Crippen LogP contribution in [0.1, 0.15) is 20.8 Å². The van der Waals surface area contributed by atoms with Gasteiger partial charge in [-0.25, -0.2) is 0 Å². The van der Waals surface area contributed by atoms with Crippen molar-refractivity contribution in [3.05, 3.63) is 0 Å². The molecule has 3 heteroatoms. The van der Waals surface area contributed by atoms with Crippen molar-refractivity contribution in [3.8, 4) is 0 Å². The van der Waals surface area contributed by atoms with Crippen LogP contribution >= 0.6 is 12.6 Å². The standard InChI is InChI=1S/C7H14O2S/c1-5(2)4-9-7(8)6(3)10/h5-6,10H,4H2,1-3H3. The van der Waals surface area contributed by atoms with Crippen molar-refractivity contribution >= 4 is 18.6 Å². The van der Waals surface area contributed by atoms with Crippen LogP contribution in [0.5, 0.6) is 0 Å². The van der Waals surface area contributed by atoms with Crippen LogP contribution in [0.3, 0.4) is 0 Å². The van der Waals surface area contributed by atoms with Gasteiger partial charge in [0, 0.05) is 0 Å². The minimum Gasteiger partial charge on any atom is -0.465 e. The Morgan fingerprint density at radius 2 is 2.00 bits per heavy atom. The number of hydrogen-bond acceptors (Lipinski definition) is 3. The van der Waals surface area contributed by atoms with E-state index >= 15 is 0 Å². The molecular weight excluding hydrogens is 148 g/mol. The largest absolute Gasteiger partial charge is 0.465 e. The molecule has 0 radical (unpaired) electrons. The van der Waals surface area contributed by atoms with Gasteiger partial charge in [0.05, 0.1) is 11.9 Å². The minimum atomic E-state index is -0.307. The molecule has 1 atom stereocenters. The quantitative estimate of drug-likeness (QED) is 0.503. The van der Waals surface area contributed by atoms with Crippen molar-refractivity contribution in [2.45, 2.75) is 26.0 Å². The normalized spacial score (nSPS) is 13.3. The maximum atomic E-state index is 10.7. The number of esters is 1. The Balaban J connectivity index is 3.40. The van der Waals surface area contributed by atoms with Crippen LogP contribution in [0.2, 0.25) is 0 Å². The zero-order chi connectivity index (χ0) is 8.15. The van der Waals surface area contributed by atoms with Gasteiger partial charge in [-0.15, -0.1) is 0 Å². The molecule has 0 aliphatic carbocycles. The van der Waals surface area contributed by atoms with E-state index in [9.17, 15) is 4.79 Å². The summed E-state index contributed by atoms with van der Waals surface area (Å²) >= 11 is 3.92. The van der Waals surface area contributed by atoms with Gasteiger partial charge in [0.1, 0.15) is 0 Å². The molecule has 0 spiro atoms. The monoisotopic (exact) mass is 162 g/mol. The van der Waals surface area contributed by atoms with Gasteiger partial charge in [-0.3, -0.25) is 4.79 Å². The first kappa shape index (κ1) is 9.82. The fourth-order valence-corrected chi connectivity index (χ4v) is 0.444. The summed E-state index contributed by atoms with van der Waals surface area (Å²) in [6, 6.07) is 0. The molecule has 0 rings (SSSR count). The fraction of sp³-hybridized carbons (Fsp3) is 0.857. The molecule has 60 valence electrons. The van der Waals surface area contributed by atoms with E-state index in [1.807, 2.05) is 13.8 Å². The summed E-state index contributed by atoms with van der Waals surface area (Å²) in [5, 5.41) is -0.307. The zero-order valence-electron chi connectivity index (χ0n) is 6.63. The number of carbonyl (C=O) groups is 1. The van der Waals surface area contributed by atoms with Gasteiger partial charge in [0.2, 0.25) is 0 Å². The summed E-state index contributed by atoms with van der Waals surface area (Å²) in [6.07, 6.45) is 0. The van der Waals surface area contributed by atoms with E-state index in [-0.39, 0.29) is 11.2 Å². The Kier molecular flexibility index (Phi) is 4.52. The van der Waals surface area contributed by atoms with Crippen LogP contribution < -0.4 is 0 Å². The average molecular weight is 162 g/mol. The smallest absolute Gasteiger partial charge is 0.318 e. The lowest BCUT2D eigenvalue weighted by atomic mass is 10.2. The molecule has 1 unspecified atom stereocenters. The molecule has 0 aromatic carbocycles. The topological polar surface area (TPSA) is 26.3 Å². The van der Waals surface area contributed by atoms with Crippen molar-refractivity contribution in [1.82, 2.24) is 0 Å². The Labute approximate surface area is 67.4 Å². The van der Waals surface area contributed by atoms with Crippen molar-refractivity contribution in [3.63, 3.8) is 0 Å². The maximum absolute atomic E-state index is 10.7. The molecule has 0 saturated heterocycles. The SMILES string of the molecule is CC(C)COC(=O)C(C)S. The number of thiol groups is 1. The second-order valence-corrected chi connectivity index (χ2v) is 3.47. The highest BCUT2D eigenvalue weighted by atomic mass is 32.1. The van der Waals surface area contributed by atoms with Crippen LogP contribution in [0.15, 0.2) is 0 Å². The third kappa shape index (κ3) is 4.68. The fourth-order valence-electron chi connectivity index (χ4n) is 0.369. The van der Waals surface area contributed by atoms with Gasteiger partial charge in [0.15, 0.2) is 0 Å². The highest BCUT2D eigenvalue weighted by Crippen LogP contribution is 1.99. The predicted octanol–water partition coefficient (Wildman–Crippen LogP) is 1.50. The number of carbonyl (C=O) groups excluding carboxylic acids is 1. The van der Waals surface area contributed by atoms with Crippen molar-refractivity contribution in [1.29, 1.82) is 0 Å². The van der Waals surface area contributed by atoms with Gasteiger partial charge in [0.25, 0.3) is 0 Å². The molecular formula is C7H14O2S. The van der Waals surface area contributed by atoms with Crippen LogP contribution in [0.4, 0.5) is 0 Å². The molecule has 0 bridgehead atoms. The van der Waals surface area contributed by atoms with Crippen molar-refractivity contribution in [2.75, 3.05) is 6.61 Å². The highest BCUT2D eigenvalue weighted by Gasteiger charge is 2.08. The Morgan fingerprint density at radius 3 is 2.30 bits per heavy atom. The average Bonchev–Trinajstić information content (AvgIpc) is 1.82. The third-order valence-corrected chi connectivity index (χ3v) is 1.11. The maximum Gasteiger partial charge on any atom is 0.318 e. The summed E-state index contributed by atoms with van der Waals surface area (Å²) in [7, 11) is 0. The third-order valence-electron chi connectivity index (χ3n) is 0.900. The Morgan fingerprint density at radius 1 is 1.50 bits per heavy atom. The van der Waals surface area contributed by atoms with Crippen molar-refractivity contribution < 1.29 is 9.53 Å². The van der Waals surface area contributed by atoms with E-state index in [4.69, 9.17) is 4.74 Å². The van der Waals surface area contributed by atoms with E-state index in [2.05, 4.69) is 12.6 Å². The first-order chi connectivity index (χ1) is 4.54. The van der Waals surface area contributed by atoms with E-state index in [1.54, 1.807) is 6.92 Å². The van der Waals surface area contributed by atoms with Crippen LogP contribution in [-0.4, -0.2) is 17.8 Å². The summed E-state index contributed by atoms with van der Waals surface area (Å²) in [6.45, 7) is 6.18. The molecule has 0 fully saturated rings. The molecule has 0 aromatic heterocycles. The molecule has 0 heterocycles. The van der Waals surface area contributed by atoms with Crippen LogP contribution in [-0.2, 0) is 9.53 Å². The summed E-state index contributed by atoms with van der Waals surface area (Å²) in [5.41, 5.74) is 0. The molecule has 0 aliphatic rings. The first-order valence-electron chi connectivity index (χ1n) is 3.38. The minimum absolute atomic E-state index is 0.239. The van der Waals surface area contributed by atoms with Gasteiger partial charge >= 0.3 is 5.97 Å². The summed E-state index contributed by atoms with van der Waals surface area (Å²) < 4.78 is 4.85.